The van der Waals surface area contributed by atoms with Gasteiger partial charge in [0.25, 0.3) is 0 Å². The third kappa shape index (κ3) is 118. The second kappa shape index (κ2) is 16.9. The molecule has 0 amide bonds. The van der Waals surface area contributed by atoms with Crippen molar-refractivity contribution in [3.05, 3.63) is 13.2 Å². The van der Waals surface area contributed by atoms with Gasteiger partial charge in [0, 0.05) is 6.42 Å². The van der Waals surface area contributed by atoms with E-state index in [-0.39, 0.29) is 5.78 Å². The summed E-state index contributed by atoms with van der Waals surface area (Å²) in [5.74, 6) is 3.31. The minimum atomic E-state index is 0.287. The zero-order valence-corrected chi connectivity index (χ0v) is 8.42. The summed E-state index contributed by atoms with van der Waals surface area (Å²) in [4.78, 5) is 27.4. The van der Waals surface area contributed by atoms with Gasteiger partial charge in [-0.2, -0.15) is 0 Å². The lowest BCUT2D eigenvalue weighted by molar-refractivity contribution is -0.117. The lowest BCUT2D eigenvalue weighted by Gasteiger charge is -1.95. The second-order valence-electron chi connectivity index (χ2n) is 2.59. The molecule has 0 aliphatic rings. The Kier molecular flexibility index (Phi) is 22.9. The highest BCUT2D eigenvalue weighted by Crippen LogP contribution is 1.97. The van der Waals surface area contributed by atoms with E-state index in [2.05, 4.69) is 13.2 Å². The van der Waals surface area contributed by atoms with Gasteiger partial charge in [-0.25, -0.2) is 9.59 Å². The van der Waals surface area contributed by atoms with Crippen molar-refractivity contribution in [1.29, 1.82) is 0 Å². The SMILES string of the molecule is C=C=O.C=C=O.CC(=O)CC(C)C. The van der Waals surface area contributed by atoms with E-state index in [1.54, 1.807) is 6.92 Å². The van der Waals surface area contributed by atoms with E-state index < -0.39 is 0 Å². The van der Waals surface area contributed by atoms with Crippen molar-refractivity contribution in [2.24, 2.45) is 5.92 Å². The van der Waals surface area contributed by atoms with Crippen LogP contribution in [0.1, 0.15) is 27.2 Å². The highest BCUT2D eigenvalue weighted by Gasteiger charge is 1.95. The van der Waals surface area contributed by atoms with Gasteiger partial charge in [-0.05, 0) is 26.0 Å². The molecule has 0 atom stereocenters. The maximum absolute atomic E-state index is 10.3. The van der Waals surface area contributed by atoms with Crippen LogP contribution in [0.3, 0.4) is 0 Å². The molecule has 3 nitrogen and oxygen atoms in total. The molecule has 0 fully saturated rings. The highest BCUT2D eigenvalue weighted by atomic mass is 16.1. The van der Waals surface area contributed by atoms with E-state index in [4.69, 9.17) is 9.59 Å². The number of hydrogen-bond donors (Lipinski definition) is 0. The largest absolute Gasteiger partial charge is 0.300 e. The molecule has 3 heteroatoms. The minimum Gasteiger partial charge on any atom is -0.300 e. The predicted octanol–water partition coefficient (Wildman–Crippen LogP) is 1.63. The smallest absolute Gasteiger partial charge is 0.130 e. The van der Waals surface area contributed by atoms with Crippen molar-refractivity contribution in [3.63, 3.8) is 0 Å². The van der Waals surface area contributed by atoms with Crippen LogP contribution in [0, 0.1) is 5.92 Å². The van der Waals surface area contributed by atoms with E-state index >= 15 is 0 Å². The number of carbonyl (C=O) groups is 1. The van der Waals surface area contributed by atoms with Crippen molar-refractivity contribution in [3.8, 4) is 0 Å². The van der Waals surface area contributed by atoms with Gasteiger partial charge in [0.1, 0.15) is 17.7 Å². The highest BCUT2D eigenvalue weighted by molar-refractivity contribution is 5.75. The zero-order valence-electron chi connectivity index (χ0n) is 8.42. The molecule has 13 heavy (non-hydrogen) atoms. The standard InChI is InChI=1S/C6H12O.2C2H2O/c1-5(2)4-6(3)7;2*1-2-3/h5H,4H2,1-3H3;2*1H2. The summed E-state index contributed by atoms with van der Waals surface area (Å²) in [6, 6.07) is 0. The van der Waals surface area contributed by atoms with Gasteiger partial charge >= 0.3 is 0 Å². The third-order valence-electron chi connectivity index (χ3n) is 0.696. The molecular formula is C10H16O3. The molecule has 0 aromatic heterocycles. The zero-order chi connectivity index (χ0) is 11.3. The van der Waals surface area contributed by atoms with Gasteiger partial charge in [-0.1, -0.05) is 13.8 Å². The van der Waals surface area contributed by atoms with Gasteiger partial charge in [0.05, 0.1) is 0 Å². The predicted molar refractivity (Wildman–Crippen MR) is 52.8 cm³/mol. The monoisotopic (exact) mass is 184 g/mol. The normalized spacial score (nSPS) is 6.46. The fourth-order valence-electron chi connectivity index (χ4n) is 0.575. The molecule has 0 saturated carbocycles. The van der Waals surface area contributed by atoms with Gasteiger partial charge in [-0.15, -0.1) is 0 Å². The quantitative estimate of drug-likeness (QED) is 0.613. The molecule has 0 saturated heterocycles. The Morgan fingerprint density at radius 2 is 1.46 bits per heavy atom. The van der Waals surface area contributed by atoms with Crippen LogP contribution in [0.5, 0.6) is 0 Å². The van der Waals surface area contributed by atoms with Crippen LogP contribution in [0.2, 0.25) is 0 Å². The molecule has 0 aliphatic carbocycles. The van der Waals surface area contributed by atoms with Crippen molar-refractivity contribution in [2.45, 2.75) is 27.2 Å². The van der Waals surface area contributed by atoms with Gasteiger partial charge in [-0.3, -0.25) is 0 Å². The molecule has 0 aromatic rings. The first-order valence-electron chi connectivity index (χ1n) is 3.74. The molecule has 0 N–H and O–H groups in total. The first-order valence-corrected chi connectivity index (χ1v) is 3.74. The van der Waals surface area contributed by atoms with Crippen molar-refractivity contribution < 1.29 is 14.4 Å². The number of Topliss-reactive ketones (excluding diaryl/α,β-unsaturated/α-hetero) is 1. The maximum atomic E-state index is 10.3. The fraction of sp³-hybridized carbons (Fsp3) is 0.500. The van der Waals surface area contributed by atoms with Crippen LogP contribution < -0.4 is 0 Å². The number of ketones is 1. The van der Waals surface area contributed by atoms with Crippen molar-refractivity contribution in [1.82, 2.24) is 0 Å². The summed E-state index contributed by atoms with van der Waals surface area (Å²) in [7, 11) is 0. The van der Waals surface area contributed by atoms with E-state index in [0.29, 0.717) is 5.92 Å². The van der Waals surface area contributed by atoms with Gasteiger partial charge in [0.2, 0.25) is 0 Å². The lowest BCUT2D eigenvalue weighted by Crippen LogP contribution is -1.95. The first-order chi connectivity index (χ1) is 5.95. The van der Waals surface area contributed by atoms with Crippen LogP contribution >= 0.6 is 0 Å². The van der Waals surface area contributed by atoms with Crippen LogP contribution in [0.25, 0.3) is 0 Å². The van der Waals surface area contributed by atoms with Crippen LogP contribution in [0.15, 0.2) is 13.2 Å². The number of rotatable bonds is 2. The summed E-state index contributed by atoms with van der Waals surface area (Å²) in [5.41, 5.74) is 0. The topological polar surface area (TPSA) is 51.2 Å². The Hall–Kier alpha value is -1.43. The van der Waals surface area contributed by atoms with Crippen molar-refractivity contribution in [2.75, 3.05) is 0 Å². The van der Waals surface area contributed by atoms with E-state index in [0.717, 1.165) is 6.42 Å². The van der Waals surface area contributed by atoms with Crippen LogP contribution in [0.4, 0.5) is 0 Å². The summed E-state index contributed by atoms with van der Waals surface area (Å²) in [6.45, 7) is 11.1. The maximum Gasteiger partial charge on any atom is 0.130 e. The average Bonchev–Trinajstić information content (AvgIpc) is 1.86. The van der Waals surface area contributed by atoms with Crippen LogP contribution in [-0.2, 0) is 14.4 Å². The van der Waals surface area contributed by atoms with E-state index in [1.165, 1.54) is 11.9 Å². The summed E-state index contributed by atoms with van der Waals surface area (Å²) in [6.07, 6.45) is 0.722. The lowest BCUT2D eigenvalue weighted by atomic mass is 10.1. The van der Waals surface area contributed by atoms with Gasteiger partial charge < -0.3 is 4.79 Å². The molecule has 0 aliphatic heterocycles. The summed E-state index contributed by atoms with van der Waals surface area (Å²) in [5, 5.41) is 0. The van der Waals surface area contributed by atoms with Crippen molar-refractivity contribution >= 4 is 17.7 Å². The molecule has 0 heterocycles. The molecule has 0 bridgehead atoms. The fourth-order valence-corrected chi connectivity index (χ4v) is 0.575. The second-order valence-corrected chi connectivity index (χ2v) is 2.59. The Morgan fingerprint density at radius 1 is 1.23 bits per heavy atom. The summed E-state index contributed by atoms with van der Waals surface area (Å²) >= 11 is 0. The number of hydrogen-bond acceptors (Lipinski definition) is 3. The number of carbonyl (C=O) groups excluding carboxylic acids is 3. The first kappa shape index (κ1) is 17.6. The molecule has 0 spiro atoms. The Bertz CT molecular complexity index is 168. The summed E-state index contributed by atoms with van der Waals surface area (Å²) < 4.78 is 0. The Balaban J connectivity index is -0.000000140. The third-order valence-corrected chi connectivity index (χ3v) is 0.696. The van der Waals surface area contributed by atoms with E-state index in [1.807, 2.05) is 13.8 Å². The average molecular weight is 184 g/mol. The molecule has 0 radical (unpaired) electrons. The van der Waals surface area contributed by atoms with Crippen LogP contribution in [-0.4, -0.2) is 17.7 Å². The molecule has 74 valence electrons. The molecule has 0 aromatic carbocycles. The minimum absolute atomic E-state index is 0.287. The molecule has 0 unspecified atom stereocenters. The van der Waals surface area contributed by atoms with E-state index in [9.17, 15) is 4.79 Å². The Labute approximate surface area is 79.1 Å². The van der Waals surface area contributed by atoms with Gasteiger partial charge in [0.15, 0.2) is 0 Å². The molecular weight excluding hydrogens is 168 g/mol. The Morgan fingerprint density at radius 3 is 1.46 bits per heavy atom. The molecule has 0 rings (SSSR count).